The van der Waals surface area contributed by atoms with Gasteiger partial charge in [0.1, 0.15) is 0 Å². The average Bonchev–Trinajstić information content (AvgIpc) is 3.23. The molecule has 6 nitrogen and oxygen atoms in total. The fourth-order valence-corrected chi connectivity index (χ4v) is 1.86. The zero-order valence-electron chi connectivity index (χ0n) is 11.2. The molecule has 19 heavy (non-hydrogen) atoms. The summed E-state index contributed by atoms with van der Waals surface area (Å²) < 4.78 is 0. The number of amides is 1. The van der Waals surface area contributed by atoms with Crippen molar-refractivity contribution in [3.63, 3.8) is 0 Å². The molecule has 1 amide bonds. The van der Waals surface area contributed by atoms with Crippen molar-refractivity contribution in [1.29, 1.82) is 5.26 Å². The monoisotopic (exact) mass is 259 g/mol. The Balaban J connectivity index is 2.11. The number of carbonyl (C=O) groups is 1. The summed E-state index contributed by atoms with van der Waals surface area (Å²) in [6.07, 6.45) is 2.73. The molecular formula is C13H17N5O. The Hall–Kier alpha value is -2.16. The van der Waals surface area contributed by atoms with Crippen LogP contribution < -0.4 is 4.90 Å². The molecule has 1 saturated carbocycles. The van der Waals surface area contributed by atoms with Crippen molar-refractivity contribution in [2.75, 3.05) is 25.5 Å². The highest BCUT2D eigenvalue weighted by atomic mass is 16.2. The SMILES string of the molecule is CN(C)C(=O)c1ccc(N(CCC#N)C2CC2)nn1. The van der Waals surface area contributed by atoms with E-state index in [-0.39, 0.29) is 5.91 Å². The van der Waals surface area contributed by atoms with Crippen molar-refractivity contribution < 1.29 is 4.79 Å². The quantitative estimate of drug-likeness (QED) is 0.790. The second kappa shape index (κ2) is 5.65. The lowest BCUT2D eigenvalue weighted by Gasteiger charge is -2.21. The summed E-state index contributed by atoms with van der Waals surface area (Å²) in [6.45, 7) is 0.664. The highest BCUT2D eigenvalue weighted by Gasteiger charge is 2.30. The number of anilines is 1. The van der Waals surface area contributed by atoms with Gasteiger partial charge in [0.25, 0.3) is 5.91 Å². The zero-order chi connectivity index (χ0) is 13.8. The second-order valence-electron chi connectivity index (χ2n) is 4.81. The van der Waals surface area contributed by atoms with Crippen molar-refractivity contribution in [3.05, 3.63) is 17.8 Å². The molecule has 1 aromatic rings. The minimum absolute atomic E-state index is 0.158. The van der Waals surface area contributed by atoms with Gasteiger partial charge in [-0.25, -0.2) is 0 Å². The van der Waals surface area contributed by atoms with Gasteiger partial charge in [-0.3, -0.25) is 4.79 Å². The number of carbonyl (C=O) groups excluding carboxylic acids is 1. The standard InChI is InChI=1S/C13H17N5O/c1-17(2)13(19)11-6-7-12(16-15-11)18(9-3-8-14)10-4-5-10/h6-7,10H,3-5,9H2,1-2H3. The normalized spacial score (nSPS) is 13.7. The molecule has 0 bridgehead atoms. The maximum absolute atomic E-state index is 11.7. The largest absolute Gasteiger partial charge is 0.351 e. The third-order valence-electron chi connectivity index (χ3n) is 3.02. The van der Waals surface area contributed by atoms with Crippen LogP contribution in [-0.2, 0) is 0 Å². The van der Waals surface area contributed by atoms with Crippen LogP contribution in [0.4, 0.5) is 5.82 Å². The maximum atomic E-state index is 11.7. The van der Waals surface area contributed by atoms with Gasteiger partial charge in [0.05, 0.1) is 12.5 Å². The number of nitriles is 1. The molecule has 0 spiro atoms. The maximum Gasteiger partial charge on any atom is 0.273 e. The van der Waals surface area contributed by atoms with Gasteiger partial charge in [-0.1, -0.05) is 0 Å². The summed E-state index contributed by atoms with van der Waals surface area (Å²) in [4.78, 5) is 15.3. The highest BCUT2D eigenvalue weighted by Crippen LogP contribution is 2.30. The van der Waals surface area contributed by atoms with Crippen LogP contribution in [0.1, 0.15) is 29.8 Å². The van der Waals surface area contributed by atoms with Gasteiger partial charge in [0.2, 0.25) is 0 Å². The molecule has 6 heteroatoms. The van der Waals surface area contributed by atoms with Crippen molar-refractivity contribution >= 4 is 11.7 Å². The first-order valence-electron chi connectivity index (χ1n) is 6.32. The smallest absolute Gasteiger partial charge is 0.273 e. The summed E-state index contributed by atoms with van der Waals surface area (Å²) in [7, 11) is 3.36. The molecular weight excluding hydrogens is 242 g/mol. The molecule has 0 aromatic carbocycles. The summed E-state index contributed by atoms with van der Waals surface area (Å²) in [6, 6.07) is 6.11. The first-order chi connectivity index (χ1) is 9.13. The van der Waals surface area contributed by atoms with Gasteiger partial charge in [-0.2, -0.15) is 5.26 Å². The molecule has 0 saturated heterocycles. The molecule has 1 aliphatic rings. The van der Waals surface area contributed by atoms with E-state index in [4.69, 9.17) is 5.26 Å². The lowest BCUT2D eigenvalue weighted by Crippen LogP contribution is -2.28. The lowest BCUT2D eigenvalue weighted by molar-refractivity contribution is 0.0821. The Morgan fingerprint density at radius 2 is 2.16 bits per heavy atom. The lowest BCUT2D eigenvalue weighted by atomic mass is 10.3. The van der Waals surface area contributed by atoms with E-state index in [1.165, 1.54) is 4.90 Å². The van der Waals surface area contributed by atoms with Gasteiger partial charge in [0, 0.05) is 26.7 Å². The van der Waals surface area contributed by atoms with Gasteiger partial charge in [-0.05, 0) is 25.0 Å². The average molecular weight is 259 g/mol. The minimum Gasteiger partial charge on any atom is -0.351 e. The van der Waals surface area contributed by atoms with Crippen LogP contribution in [0.5, 0.6) is 0 Å². The Bertz CT molecular complexity index is 487. The van der Waals surface area contributed by atoms with Gasteiger partial charge in [0.15, 0.2) is 11.5 Å². The predicted octanol–water partition coefficient (Wildman–Crippen LogP) is 1.06. The fraction of sp³-hybridized carbons (Fsp3) is 0.538. The second-order valence-corrected chi connectivity index (χ2v) is 4.81. The zero-order valence-corrected chi connectivity index (χ0v) is 11.2. The van der Waals surface area contributed by atoms with Crippen molar-refractivity contribution in [2.45, 2.75) is 25.3 Å². The van der Waals surface area contributed by atoms with Crippen LogP contribution in [0.2, 0.25) is 0 Å². The number of hydrogen-bond donors (Lipinski definition) is 0. The first kappa shape index (κ1) is 13.3. The number of nitrogens with zero attached hydrogens (tertiary/aromatic N) is 5. The van der Waals surface area contributed by atoms with Crippen LogP contribution in [0.25, 0.3) is 0 Å². The summed E-state index contributed by atoms with van der Waals surface area (Å²) >= 11 is 0. The summed E-state index contributed by atoms with van der Waals surface area (Å²) in [5.74, 6) is 0.585. The predicted molar refractivity (Wildman–Crippen MR) is 70.6 cm³/mol. The molecule has 0 N–H and O–H groups in total. The van der Waals surface area contributed by atoms with Gasteiger partial charge < -0.3 is 9.80 Å². The van der Waals surface area contributed by atoms with E-state index in [0.29, 0.717) is 24.7 Å². The molecule has 1 fully saturated rings. The minimum atomic E-state index is -0.158. The van der Waals surface area contributed by atoms with Crippen molar-refractivity contribution in [3.8, 4) is 6.07 Å². The Kier molecular flexibility index (Phi) is 3.95. The Morgan fingerprint density at radius 1 is 1.42 bits per heavy atom. The van der Waals surface area contributed by atoms with Crippen LogP contribution >= 0.6 is 0 Å². The molecule has 1 aliphatic carbocycles. The van der Waals surface area contributed by atoms with E-state index in [2.05, 4.69) is 21.2 Å². The van der Waals surface area contributed by atoms with E-state index < -0.39 is 0 Å². The third-order valence-corrected chi connectivity index (χ3v) is 3.02. The fourth-order valence-electron chi connectivity index (χ4n) is 1.86. The molecule has 0 atom stereocenters. The van der Waals surface area contributed by atoms with Crippen LogP contribution in [-0.4, -0.2) is 47.7 Å². The molecule has 100 valence electrons. The van der Waals surface area contributed by atoms with E-state index in [0.717, 1.165) is 18.7 Å². The Morgan fingerprint density at radius 3 is 2.63 bits per heavy atom. The van der Waals surface area contributed by atoms with Crippen molar-refractivity contribution in [1.82, 2.24) is 15.1 Å². The molecule has 0 aliphatic heterocycles. The van der Waals surface area contributed by atoms with Gasteiger partial charge in [-0.15, -0.1) is 10.2 Å². The van der Waals surface area contributed by atoms with E-state index >= 15 is 0 Å². The molecule has 1 aromatic heterocycles. The van der Waals surface area contributed by atoms with Crippen molar-refractivity contribution in [2.24, 2.45) is 0 Å². The molecule has 1 heterocycles. The van der Waals surface area contributed by atoms with Crippen LogP contribution in [0.3, 0.4) is 0 Å². The van der Waals surface area contributed by atoms with E-state index in [1.807, 2.05) is 0 Å². The topological polar surface area (TPSA) is 73.1 Å². The van der Waals surface area contributed by atoms with Crippen LogP contribution in [0.15, 0.2) is 12.1 Å². The molecule has 0 unspecified atom stereocenters. The van der Waals surface area contributed by atoms with Crippen LogP contribution in [0, 0.1) is 11.3 Å². The molecule has 0 radical (unpaired) electrons. The number of aromatic nitrogens is 2. The highest BCUT2D eigenvalue weighted by molar-refractivity contribution is 5.91. The summed E-state index contributed by atoms with van der Waals surface area (Å²) in [5, 5.41) is 16.8. The number of hydrogen-bond acceptors (Lipinski definition) is 5. The first-order valence-corrected chi connectivity index (χ1v) is 6.32. The van der Waals surface area contributed by atoms with Gasteiger partial charge >= 0.3 is 0 Å². The summed E-state index contributed by atoms with van der Waals surface area (Å²) in [5.41, 5.74) is 0.338. The van der Waals surface area contributed by atoms with E-state index in [9.17, 15) is 4.79 Å². The Labute approximate surface area is 112 Å². The molecule has 2 rings (SSSR count). The third kappa shape index (κ3) is 3.19. The number of rotatable bonds is 5. The van der Waals surface area contributed by atoms with E-state index in [1.54, 1.807) is 26.2 Å².